The van der Waals surface area contributed by atoms with Crippen LogP contribution in [0, 0.1) is 12.8 Å². The van der Waals surface area contributed by atoms with Crippen LogP contribution in [-0.4, -0.2) is 22.9 Å². The van der Waals surface area contributed by atoms with Crippen LogP contribution in [0.1, 0.15) is 65.7 Å². The Balaban J connectivity index is 1.74. The van der Waals surface area contributed by atoms with Gasteiger partial charge in [-0.15, -0.1) is 0 Å². The highest BCUT2D eigenvalue weighted by Gasteiger charge is 2.25. The number of hydrazine groups is 1. The summed E-state index contributed by atoms with van der Waals surface area (Å²) in [5.74, 6) is -2.09. The van der Waals surface area contributed by atoms with E-state index in [9.17, 15) is 19.5 Å². The molecule has 7 heteroatoms. The lowest BCUT2D eigenvalue weighted by Crippen LogP contribution is -2.46. The first-order valence-electron chi connectivity index (χ1n) is 11.3. The van der Waals surface area contributed by atoms with E-state index >= 15 is 0 Å². The largest absolute Gasteiger partial charge is 0.481 e. The third kappa shape index (κ3) is 6.52. The van der Waals surface area contributed by atoms with Gasteiger partial charge in [0.1, 0.15) is 0 Å². The van der Waals surface area contributed by atoms with Gasteiger partial charge >= 0.3 is 5.97 Å². The minimum atomic E-state index is -0.992. The Kier molecular flexibility index (Phi) is 8.38. The summed E-state index contributed by atoms with van der Waals surface area (Å²) in [6, 6.07) is 13.2. The van der Waals surface area contributed by atoms with E-state index in [0.29, 0.717) is 24.1 Å². The molecular formula is C26H31N3O4. The third-order valence-corrected chi connectivity index (χ3v) is 5.77. The fourth-order valence-electron chi connectivity index (χ4n) is 3.91. The number of carboxylic acid groups (broad SMARTS) is 1. The standard InChI is InChI=1S/C26H31N3O4/c1-3-4-5-6-9-19(16-24(30)31)25(32)27-22-14-18(13-12-17(22)2)15-23-20-10-7-8-11-21(20)26(33)29-28-23/h5-8,10-14,19,23,28H,3-4,9,15-16H2,1-2H3,(H,27,32)(H,29,33)(H,30,31)/b6-5+. The molecule has 0 fully saturated rings. The molecule has 2 aromatic rings. The van der Waals surface area contributed by atoms with Gasteiger partial charge in [0.2, 0.25) is 5.91 Å². The van der Waals surface area contributed by atoms with Gasteiger partial charge in [-0.25, -0.2) is 5.43 Å². The van der Waals surface area contributed by atoms with E-state index in [2.05, 4.69) is 23.1 Å². The monoisotopic (exact) mass is 449 g/mol. The number of allylic oxidation sites excluding steroid dienone is 2. The van der Waals surface area contributed by atoms with Crippen LogP contribution in [-0.2, 0) is 16.0 Å². The summed E-state index contributed by atoms with van der Waals surface area (Å²) in [7, 11) is 0. The number of anilines is 1. The predicted molar refractivity (Wildman–Crippen MR) is 128 cm³/mol. The zero-order valence-electron chi connectivity index (χ0n) is 19.1. The zero-order chi connectivity index (χ0) is 23.8. The van der Waals surface area contributed by atoms with E-state index in [1.165, 1.54) is 0 Å². The van der Waals surface area contributed by atoms with Gasteiger partial charge in [0, 0.05) is 11.3 Å². The van der Waals surface area contributed by atoms with E-state index in [0.717, 1.165) is 29.5 Å². The summed E-state index contributed by atoms with van der Waals surface area (Å²) in [6.45, 7) is 3.97. The number of benzene rings is 2. The molecule has 2 atom stereocenters. The molecule has 1 aliphatic heterocycles. The molecule has 0 aliphatic carbocycles. The first-order valence-corrected chi connectivity index (χ1v) is 11.3. The normalized spacial score (nSPS) is 16.2. The molecule has 33 heavy (non-hydrogen) atoms. The van der Waals surface area contributed by atoms with Gasteiger partial charge < -0.3 is 10.4 Å². The second-order valence-electron chi connectivity index (χ2n) is 8.37. The molecular weight excluding hydrogens is 418 g/mol. The van der Waals surface area contributed by atoms with Crippen molar-refractivity contribution < 1.29 is 19.5 Å². The van der Waals surface area contributed by atoms with Crippen molar-refractivity contribution in [3.8, 4) is 0 Å². The predicted octanol–water partition coefficient (Wildman–Crippen LogP) is 4.30. The number of fused-ring (bicyclic) bond motifs is 1. The van der Waals surface area contributed by atoms with Crippen molar-refractivity contribution in [3.05, 3.63) is 76.9 Å². The fraction of sp³-hybridized carbons (Fsp3) is 0.346. The van der Waals surface area contributed by atoms with Crippen LogP contribution in [0.2, 0.25) is 0 Å². The van der Waals surface area contributed by atoms with Gasteiger partial charge in [-0.2, -0.15) is 0 Å². The second kappa shape index (κ2) is 11.4. The summed E-state index contributed by atoms with van der Waals surface area (Å²) >= 11 is 0. The molecule has 1 aliphatic rings. The van der Waals surface area contributed by atoms with E-state index in [1.54, 1.807) is 6.07 Å². The lowest BCUT2D eigenvalue weighted by molar-refractivity contribution is -0.140. The lowest BCUT2D eigenvalue weighted by Gasteiger charge is -2.27. The molecule has 2 aromatic carbocycles. The number of aryl methyl sites for hydroxylation is 1. The van der Waals surface area contributed by atoms with E-state index in [4.69, 9.17) is 0 Å². The summed E-state index contributed by atoms with van der Waals surface area (Å²) in [4.78, 5) is 36.3. The molecule has 174 valence electrons. The van der Waals surface area contributed by atoms with Crippen molar-refractivity contribution in [2.75, 3.05) is 5.32 Å². The van der Waals surface area contributed by atoms with Crippen LogP contribution in [0.25, 0.3) is 0 Å². The maximum absolute atomic E-state index is 12.9. The summed E-state index contributed by atoms with van der Waals surface area (Å²) in [5.41, 5.74) is 9.89. The van der Waals surface area contributed by atoms with Crippen molar-refractivity contribution in [1.29, 1.82) is 0 Å². The first-order chi connectivity index (χ1) is 15.9. The molecule has 0 spiro atoms. The number of rotatable bonds is 10. The number of hydrogen-bond acceptors (Lipinski definition) is 4. The third-order valence-electron chi connectivity index (χ3n) is 5.77. The Bertz CT molecular complexity index is 1050. The number of hydrogen-bond donors (Lipinski definition) is 4. The maximum Gasteiger partial charge on any atom is 0.304 e. The second-order valence-corrected chi connectivity index (χ2v) is 8.37. The van der Waals surface area contributed by atoms with Gasteiger partial charge in [-0.05, 0) is 55.0 Å². The number of unbranched alkanes of at least 4 members (excludes halogenated alkanes) is 1. The van der Waals surface area contributed by atoms with Crippen molar-refractivity contribution in [2.24, 2.45) is 5.92 Å². The van der Waals surface area contributed by atoms with E-state index in [-0.39, 0.29) is 24.3 Å². The summed E-state index contributed by atoms with van der Waals surface area (Å²) in [5, 5.41) is 12.2. The highest BCUT2D eigenvalue weighted by atomic mass is 16.4. The average Bonchev–Trinajstić information content (AvgIpc) is 2.80. The minimum absolute atomic E-state index is 0.103. The molecule has 3 rings (SSSR count). The maximum atomic E-state index is 12.9. The first kappa shape index (κ1) is 24.2. The molecule has 4 N–H and O–H groups in total. The van der Waals surface area contributed by atoms with Crippen molar-refractivity contribution in [3.63, 3.8) is 0 Å². The number of nitrogens with one attached hydrogen (secondary N) is 3. The van der Waals surface area contributed by atoms with Gasteiger partial charge in [-0.3, -0.25) is 19.8 Å². The zero-order valence-corrected chi connectivity index (χ0v) is 19.1. The van der Waals surface area contributed by atoms with Crippen molar-refractivity contribution in [2.45, 2.75) is 52.0 Å². The Morgan fingerprint density at radius 2 is 1.97 bits per heavy atom. The number of carbonyl (C=O) groups excluding carboxylic acids is 2. The highest BCUT2D eigenvalue weighted by Crippen LogP contribution is 2.27. The van der Waals surface area contributed by atoms with Crippen molar-refractivity contribution in [1.82, 2.24) is 10.9 Å². The number of aliphatic carboxylic acids is 1. The average molecular weight is 450 g/mol. The number of carbonyl (C=O) groups is 3. The van der Waals surface area contributed by atoms with Crippen molar-refractivity contribution >= 4 is 23.5 Å². The molecule has 2 amide bonds. The quantitative estimate of drug-likeness (QED) is 0.405. The Morgan fingerprint density at radius 3 is 2.73 bits per heavy atom. The van der Waals surface area contributed by atoms with E-state index in [1.807, 2.05) is 55.5 Å². The smallest absolute Gasteiger partial charge is 0.304 e. The molecule has 0 aromatic heterocycles. The molecule has 2 unspecified atom stereocenters. The summed E-state index contributed by atoms with van der Waals surface area (Å²) in [6.07, 6.45) is 6.56. The number of carboxylic acids is 1. The number of amides is 2. The Hall–Kier alpha value is -3.45. The molecule has 0 saturated heterocycles. The van der Waals surface area contributed by atoms with Crippen LogP contribution < -0.4 is 16.2 Å². The minimum Gasteiger partial charge on any atom is -0.481 e. The fourth-order valence-corrected chi connectivity index (χ4v) is 3.91. The van der Waals surface area contributed by atoms with Gasteiger partial charge in [0.15, 0.2) is 0 Å². The van der Waals surface area contributed by atoms with Crippen LogP contribution in [0.5, 0.6) is 0 Å². The lowest BCUT2D eigenvalue weighted by atomic mass is 9.93. The Morgan fingerprint density at radius 1 is 1.18 bits per heavy atom. The van der Waals surface area contributed by atoms with Crippen LogP contribution in [0.3, 0.4) is 0 Å². The molecule has 1 heterocycles. The van der Waals surface area contributed by atoms with Crippen LogP contribution in [0.4, 0.5) is 5.69 Å². The topological polar surface area (TPSA) is 108 Å². The van der Waals surface area contributed by atoms with Gasteiger partial charge in [0.25, 0.3) is 5.91 Å². The molecule has 0 bridgehead atoms. The van der Waals surface area contributed by atoms with Crippen LogP contribution >= 0.6 is 0 Å². The van der Waals surface area contributed by atoms with Gasteiger partial charge in [-0.1, -0.05) is 55.8 Å². The SMILES string of the molecule is CCC/C=C/CC(CC(=O)O)C(=O)Nc1cc(CC2NNC(=O)c3ccccc32)ccc1C. The van der Waals surface area contributed by atoms with Gasteiger partial charge in [0.05, 0.1) is 18.4 Å². The molecule has 7 nitrogen and oxygen atoms in total. The summed E-state index contributed by atoms with van der Waals surface area (Å²) < 4.78 is 0. The van der Waals surface area contributed by atoms with Crippen LogP contribution in [0.15, 0.2) is 54.6 Å². The Labute approximate surface area is 194 Å². The van der Waals surface area contributed by atoms with E-state index < -0.39 is 11.9 Å². The highest BCUT2D eigenvalue weighted by molar-refractivity contribution is 5.96. The molecule has 0 saturated carbocycles. The molecule has 0 radical (unpaired) electrons.